The van der Waals surface area contributed by atoms with Crippen LogP contribution in [-0.4, -0.2) is 37.1 Å². The van der Waals surface area contributed by atoms with E-state index in [1.165, 1.54) is 37.1 Å². The Morgan fingerprint density at radius 3 is 2.59 bits per heavy atom. The largest absolute Gasteiger partial charge is 0.314 e. The summed E-state index contributed by atoms with van der Waals surface area (Å²) < 4.78 is 0. The summed E-state index contributed by atoms with van der Waals surface area (Å²) in [7, 11) is 0. The topological polar surface area (TPSA) is 15.3 Å². The fourth-order valence-electron chi connectivity index (χ4n) is 2.67. The van der Waals surface area contributed by atoms with Crippen LogP contribution in [0.15, 0.2) is 24.3 Å². The minimum atomic E-state index is 0.707. The van der Waals surface area contributed by atoms with E-state index in [0.717, 1.165) is 13.1 Å². The van der Waals surface area contributed by atoms with Gasteiger partial charge in [-0.3, -0.25) is 4.90 Å². The molecule has 1 saturated heterocycles. The quantitative estimate of drug-likeness (QED) is 0.856. The Balaban J connectivity index is 2.01. The molecule has 0 radical (unpaired) electrons. The third-order valence-electron chi connectivity index (χ3n) is 3.86. The van der Waals surface area contributed by atoms with Crippen molar-refractivity contribution < 1.29 is 0 Å². The fourth-order valence-corrected chi connectivity index (χ4v) is 2.67. The highest BCUT2D eigenvalue weighted by atomic mass is 15.2. The zero-order chi connectivity index (χ0) is 12.1. The van der Waals surface area contributed by atoms with Gasteiger partial charge in [-0.2, -0.15) is 0 Å². The van der Waals surface area contributed by atoms with Crippen molar-refractivity contribution in [3.63, 3.8) is 0 Å². The second kappa shape index (κ2) is 6.18. The third kappa shape index (κ3) is 3.30. The molecule has 2 rings (SSSR count). The van der Waals surface area contributed by atoms with E-state index in [1.807, 2.05) is 0 Å². The van der Waals surface area contributed by atoms with Gasteiger partial charge in [0.15, 0.2) is 0 Å². The second-order valence-electron chi connectivity index (χ2n) is 4.98. The Morgan fingerprint density at radius 2 is 1.94 bits per heavy atom. The van der Waals surface area contributed by atoms with Crippen molar-refractivity contribution in [2.75, 3.05) is 26.2 Å². The first-order valence-electron chi connectivity index (χ1n) is 6.80. The lowest BCUT2D eigenvalue weighted by Gasteiger charge is -2.34. The molecule has 1 aromatic carbocycles. The van der Waals surface area contributed by atoms with Gasteiger partial charge in [-0.05, 0) is 30.9 Å². The molecule has 94 valence electrons. The van der Waals surface area contributed by atoms with E-state index < -0.39 is 0 Å². The number of rotatable bonds is 4. The van der Waals surface area contributed by atoms with Gasteiger partial charge in [0.1, 0.15) is 0 Å². The number of nitrogens with one attached hydrogen (secondary N) is 1. The Hall–Kier alpha value is -0.860. The summed E-state index contributed by atoms with van der Waals surface area (Å²) in [5, 5.41) is 3.43. The van der Waals surface area contributed by atoms with E-state index in [2.05, 4.69) is 48.3 Å². The number of nitrogens with zero attached hydrogens (tertiary/aromatic N) is 1. The van der Waals surface area contributed by atoms with Crippen LogP contribution >= 0.6 is 0 Å². The smallest absolute Gasteiger partial charge is 0.0134 e. The molecule has 0 aliphatic carbocycles. The lowest BCUT2D eigenvalue weighted by molar-refractivity contribution is 0.167. The summed E-state index contributed by atoms with van der Waals surface area (Å²) >= 11 is 0. The first-order chi connectivity index (χ1) is 8.31. The van der Waals surface area contributed by atoms with Gasteiger partial charge in [0.2, 0.25) is 0 Å². The monoisotopic (exact) mass is 232 g/mol. The Morgan fingerprint density at radius 1 is 1.24 bits per heavy atom. The van der Waals surface area contributed by atoms with Crippen molar-refractivity contribution in [3.05, 3.63) is 35.4 Å². The Labute approximate surface area is 105 Å². The Bertz CT molecular complexity index is 343. The van der Waals surface area contributed by atoms with E-state index in [0.29, 0.717) is 6.04 Å². The summed E-state index contributed by atoms with van der Waals surface area (Å²) in [6.45, 7) is 9.22. The van der Waals surface area contributed by atoms with Gasteiger partial charge in [0.25, 0.3) is 0 Å². The maximum atomic E-state index is 3.43. The number of benzene rings is 1. The average Bonchev–Trinajstić information content (AvgIpc) is 2.39. The third-order valence-corrected chi connectivity index (χ3v) is 3.86. The lowest BCUT2D eigenvalue weighted by atomic mass is 9.98. The molecular formula is C15H24N2. The zero-order valence-corrected chi connectivity index (χ0v) is 11.1. The molecule has 1 atom stereocenters. The molecular weight excluding hydrogens is 208 g/mol. The number of hydrogen-bond donors (Lipinski definition) is 1. The predicted octanol–water partition coefficient (Wildman–Crippen LogP) is 2.22. The molecule has 1 unspecified atom stereocenters. The van der Waals surface area contributed by atoms with Crippen LogP contribution < -0.4 is 5.32 Å². The van der Waals surface area contributed by atoms with Crippen molar-refractivity contribution in [1.82, 2.24) is 10.2 Å². The molecule has 17 heavy (non-hydrogen) atoms. The zero-order valence-electron chi connectivity index (χ0n) is 11.1. The fraction of sp³-hybridized carbons (Fsp3) is 0.600. The molecule has 1 fully saturated rings. The first-order valence-corrected chi connectivity index (χ1v) is 6.80. The van der Waals surface area contributed by atoms with Crippen LogP contribution in [0.5, 0.6) is 0 Å². The van der Waals surface area contributed by atoms with Crippen LogP contribution in [0.1, 0.15) is 24.5 Å². The maximum absolute atomic E-state index is 3.43. The lowest BCUT2D eigenvalue weighted by Crippen LogP contribution is -2.49. The number of piperazine rings is 1. The van der Waals surface area contributed by atoms with E-state index >= 15 is 0 Å². The highest BCUT2D eigenvalue weighted by Crippen LogP contribution is 2.15. The normalized spacial score (nSPS) is 19.2. The van der Waals surface area contributed by atoms with Crippen LogP contribution in [0, 0.1) is 6.92 Å². The van der Waals surface area contributed by atoms with Crippen molar-refractivity contribution in [3.8, 4) is 0 Å². The van der Waals surface area contributed by atoms with E-state index in [-0.39, 0.29) is 0 Å². The van der Waals surface area contributed by atoms with Crippen molar-refractivity contribution in [2.24, 2.45) is 0 Å². The van der Waals surface area contributed by atoms with E-state index in [1.54, 1.807) is 0 Å². The molecule has 1 aliphatic heterocycles. The number of hydrogen-bond acceptors (Lipinski definition) is 2. The van der Waals surface area contributed by atoms with Gasteiger partial charge in [-0.1, -0.05) is 31.2 Å². The van der Waals surface area contributed by atoms with Crippen LogP contribution in [-0.2, 0) is 6.42 Å². The molecule has 2 heteroatoms. The summed E-state index contributed by atoms with van der Waals surface area (Å²) in [5.41, 5.74) is 2.94. The summed E-state index contributed by atoms with van der Waals surface area (Å²) in [6, 6.07) is 9.50. The van der Waals surface area contributed by atoms with Crippen molar-refractivity contribution >= 4 is 0 Å². The molecule has 2 nitrogen and oxygen atoms in total. The van der Waals surface area contributed by atoms with E-state index in [4.69, 9.17) is 0 Å². The first kappa shape index (κ1) is 12.6. The molecule has 1 N–H and O–H groups in total. The standard InChI is InChI=1S/C15H24N2/c1-3-15(17-10-8-16-9-11-17)12-14-7-5-4-6-13(14)2/h4-7,15-16H,3,8-12H2,1-2H3. The van der Waals surface area contributed by atoms with Gasteiger partial charge in [-0.25, -0.2) is 0 Å². The minimum Gasteiger partial charge on any atom is -0.314 e. The van der Waals surface area contributed by atoms with Crippen LogP contribution in [0.3, 0.4) is 0 Å². The Kier molecular flexibility index (Phi) is 4.57. The maximum Gasteiger partial charge on any atom is 0.0134 e. The minimum absolute atomic E-state index is 0.707. The van der Waals surface area contributed by atoms with Gasteiger partial charge >= 0.3 is 0 Å². The van der Waals surface area contributed by atoms with E-state index in [9.17, 15) is 0 Å². The van der Waals surface area contributed by atoms with Gasteiger partial charge in [0, 0.05) is 32.2 Å². The molecule has 1 aliphatic rings. The van der Waals surface area contributed by atoms with Crippen LogP contribution in [0.4, 0.5) is 0 Å². The van der Waals surface area contributed by atoms with Gasteiger partial charge < -0.3 is 5.32 Å². The SMILES string of the molecule is CCC(Cc1ccccc1C)N1CCNCC1. The molecule has 0 aromatic heterocycles. The molecule has 1 heterocycles. The highest BCUT2D eigenvalue weighted by Gasteiger charge is 2.19. The summed E-state index contributed by atoms with van der Waals surface area (Å²) in [5.74, 6) is 0. The highest BCUT2D eigenvalue weighted by molar-refractivity contribution is 5.26. The molecule has 0 saturated carbocycles. The summed E-state index contributed by atoms with van der Waals surface area (Å²) in [4.78, 5) is 2.64. The van der Waals surface area contributed by atoms with Crippen molar-refractivity contribution in [1.29, 1.82) is 0 Å². The second-order valence-corrected chi connectivity index (χ2v) is 4.98. The molecule has 0 amide bonds. The molecule has 0 spiro atoms. The number of aryl methyl sites for hydroxylation is 1. The van der Waals surface area contributed by atoms with Gasteiger partial charge in [-0.15, -0.1) is 0 Å². The van der Waals surface area contributed by atoms with Crippen LogP contribution in [0.25, 0.3) is 0 Å². The molecule has 1 aromatic rings. The summed E-state index contributed by atoms with van der Waals surface area (Å²) in [6.07, 6.45) is 2.44. The molecule has 0 bridgehead atoms. The predicted molar refractivity (Wildman–Crippen MR) is 73.4 cm³/mol. The van der Waals surface area contributed by atoms with Gasteiger partial charge in [0.05, 0.1) is 0 Å². The van der Waals surface area contributed by atoms with Crippen molar-refractivity contribution in [2.45, 2.75) is 32.7 Å². The van der Waals surface area contributed by atoms with Crippen LogP contribution in [0.2, 0.25) is 0 Å². The average molecular weight is 232 g/mol.